The molecule has 23 heavy (non-hydrogen) atoms. The van der Waals surface area contributed by atoms with Crippen molar-refractivity contribution in [2.45, 2.75) is 6.92 Å². The average molecular weight is 311 g/mol. The monoisotopic (exact) mass is 311 g/mol. The van der Waals surface area contributed by atoms with E-state index in [0.717, 1.165) is 5.69 Å². The Balaban J connectivity index is 1.72. The van der Waals surface area contributed by atoms with E-state index in [9.17, 15) is 4.79 Å². The molecule has 2 aromatic heterocycles. The Morgan fingerprint density at radius 2 is 2.13 bits per heavy atom. The molecule has 0 aliphatic carbocycles. The molecule has 7 nitrogen and oxygen atoms in total. The second-order valence-corrected chi connectivity index (χ2v) is 6.20. The third-order valence-electron chi connectivity index (χ3n) is 4.02. The average Bonchev–Trinajstić information content (AvgIpc) is 2.96. The highest BCUT2D eigenvalue weighted by molar-refractivity contribution is 5.76. The first kappa shape index (κ1) is 14.0. The number of nitrogens with zero attached hydrogens (tertiary/aromatic N) is 3. The largest absolute Gasteiger partial charge is 0.380 e. The predicted molar refractivity (Wildman–Crippen MR) is 86.9 cm³/mol. The van der Waals surface area contributed by atoms with Crippen LogP contribution in [0.1, 0.15) is 6.92 Å². The molecule has 0 unspecified atom stereocenters. The quantitative estimate of drug-likeness (QED) is 0.764. The maximum atomic E-state index is 12.2. The molecule has 1 fully saturated rings. The summed E-state index contributed by atoms with van der Waals surface area (Å²) in [5.41, 5.74) is 1.30. The molecule has 1 aliphatic rings. The molecular formula is C16H17N5O2. The fourth-order valence-electron chi connectivity index (χ4n) is 2.61. The summed E-state index contributed by atoms with van der Waals surface area (Å²) < 4.78 is 6.91. The van der Waals surface area contributed by atoms with Crippen LogP contribution in [0.4, 0.5) is 5.95 Å². The van der Waals surface area contributed by atoms with Crippen LogP contribution in [-0.2, 0) is 4.74 Å². The van der Waals surface area contributed by atoms with Gasteiger partial charge >= 0.3 is 0 Å². The zero-order chi connectivity index (χ0) is 15.9. The molecule has 4 rings (SSSR count). The summed E-state index contributed by atoms with van der Waals surface area (Å²) in [4.78, 5) is 19.5. The minimum Gasteiger partial charge on any atom is -0.380 e. The van der Waals surface area contributed by atoms with Crippen LogP contribution in [0.25, 0.3) is 16.7 Å². The molecule has 3 aromatic rings. The van der Waals surface area contributed by atoms with E-state index in [0.29, 0.717) is 36.7 Å². The zero-order valence-electron chi connectivity index (χ0n) is 12.7. The topological polar surface area (TPSA) is 84.8 Å². The lowest BCUT2D eigenvalue weighted by atomic mass is 9.89. The number of hydrogen-bond acceptors (Lipinski definition) is 5. The van der Waals surface area contributed by atoms with Gasteiger partial charge in [0.2, 0.25) is 5.95 Å². The molecule has 118 valence electrons. The lowest BCUT2D eigenvalue weighted by Crippen LogP contribution is -2.45. The number of H-pyrrole nitrogens is 1. The normalized spacial score (nSPS) is 16.2. The highest BCUT2D eigenvalue weighted by atomic mass is 16.5. The number of aromatic amines is 1. The number of hydrogen-bond donors (Lipinski definition) is 2. The molecule has 1 aromatic carbocycles. The molecule has 1 aliphatic heterocycles. The SMILES string of the molecule is CC1(CNc2nc3c(cnn3-c3ccccc3)c(=O)[nH]2)COC1. The summed E-state index contributed by atoms with van der Waals surface area (Å²) >= 11 is 0. The molecule has 0 bridgehead atoms. The number of benzene rings is 1. The Hall–Kier alpha value is -2.67. The van der Waals surface area contributed by atoms with Gasteiger partial charge < -0.3 is 10.1 Å². The Morgan fingerprint density at radius 3 is 2.83 bits per heavy atom. The highest BCUT2D eigenvalue weighted by Crippen LogP contribution is 2.26. The van der Waals surface area contributed by atoms with Crippen LogP contribution in [0.3, 0.4) is 0 Å². The van der Waals surface area contributed by atoms with Gasteiger partial charge in [0.1, 0.15) is 5.39 Å². The Bertz CT molecular complexity index is 896. The number of anilines is 1. The van der Waals surface area contributed by atoms with Crippen molar-refractivity contribution >= 4 is 17.0 Å². The van der Waals surface area contributed by atoms with E-state index >= 15 is 0 Å². The van der Waals surface area contributed by atoms with Gasteiger partial charge in [-0.25, -0.2) is 4.68 Å². The molecule has 0 saturated carbocycles. The third kappa shape index (κ3) is 2.49. The number of fused-ring (bicyclic) bond motifs is 1. The second-order valence-electron chi connectivity index (χ2n) is 6.20. The van der Waals surface area contributed by atoms with Gasteiger partial charge in [0.25, 0.3) is 5.56 Å². The summed E-state index contributed by atoms with van der Waals surface area (Å²) in [6.45, 7) is 4.26. The minimum absolute atomic E-state index is 0.0905. The van der Waals surface area contributed by atoms with Gasteiger partial charge in [0, 0.05) is 12.0 Å². The predicted octanol–water partition coefficient (Wildman–Crippen LogP) is 1.56. The van der Waals surface area contributed by atoms with Crippen LogP contribution >= 0.6 is 0 Å². The fourth-order valence-corrected chi connectivity index (χ4v) is 2.61. The van der Waals surface area contributed by atoms with Crippen molar-refractivity contribution in [2.75, 3.05) is 25.1 Å². The van der Waals surface area contributed by atoms with Crippen molar-refractivity contribution < 1.29 is 4.74 Å². The molecular weight excluding hydrogens is 294 g/mol. The third-order valence-corrected chi connectivity index (χ3v) is 4.02. The molecule has 0 amide bonds. The van der Waals surface area contributed by atoms with Crippen LogP contribution in [0.15, 0.2) is 41.3 Å². The van der Waals surface area contributed by atoms with Gasteiger partial charge in [-0.2, -0.15) is 10.1 Å². The van der Waals surface area contributed by atoms with Gasteiger partial charge in [-0.15, -0.1) is 0 Å². The highest BCUT2D eigenvalue weighted by Gasteiger charge is 2.33. The molecule has 2 N–H and O–H groups in total. The summed E-state index contributed by atoms with van der Waals surface area (Å²) in [5.74, 6) is 0.452. The van der Waals surface area contributed by atoms with Gasteiger partial charge in [0.15, 0.2) is 5.65 Å². The van der Waals surface area contributed by atoms with Crippen molar-refractivity contribution in [3.63, 3.8) is 0 Å². The zero-order valence-corrected chi connectivity index (χ0v) is 12.7. The summed E-state index contributed by atoms with van der Waals surface area (Å²) in [6, 6.07) is 9.63. The molecule has 0 radical (unpaired) electrons. The smallest absolute Gasteiger partial charge is 0.263 e. The van der Waals surface area contributed by atoms with Crippen molar-refractivity contribution in [3.8, 4) is 5.69 Å². The van der Waals surface area contributed by atoms with E-state index in [1.165, 1.54) is 0 Å². The number of aromatic nitrogens is 4. The lowest BCUT2D eigenvalue weighted by Gasteiger charge is -2.38. The summed E-state index contributed by atoms with van der Waals surface area (Å²) in [5, 5.41) is 7.96. The standard InChI is InChI=1S/C16H17N5O2/c1-16(9-23-10-16)8-17-15-19-13-12(14(22)20-15)7-18-21(13)11-5-3-2-4-6-11/h2-7H,8-10H2,1H3,(H2,17,19,20,22). The van der Waals surface area contributed by atoms with Crippen molar-refractivity contribution in [1.29, 1.82) is 0 Å². The van der Waals surface area contributed by atoms with Crippen molar-refractivity contribution in [3.05, 3.63) is 46.9 Å². The Morgan fingerprint density at radius 1 is 1.35 bits per heavy atom. The number of para-hydroxylation sites is 1. The molecule has 1 saturated heterocycles. The molecule has 3 heterocycles. The number of ether oxygens (including phenoxy) is 1. The van der Waals surface area contributed by atoms with Crippen LogP contribution in [0, 0.1) is 5.41 Å². The molecule has 7 heteroatoms. The van der Waals surface area contributed by atoms with Gasteiger partial charge in [-0.05, 0) is 12.1 Å². The van der Waals surface area contributed by atoms with E-state index in [2.05, 4.69) is 27.3 Å². The van der Waals surface area contributed by atoms with E-state index in [4.69, 9.17) is 4.74 Å². The minimum atomic E-state index is -0.199. The number of nitrogens with one attached hydrogen (secondary N) is 2. The van der Waals surface area contributed by atoms with Crippen molar-refractivity contribution in [1.82, 2.24) is 19.7 Å². The van der Waals surface area contributed by atoms with Gasteiger partial charge in [-0.1, -0.05) is 25.1 Å². The van der Waals surface area contributed by atoms with E-state index in [1.54, 1.807) is 10.9 Å². The maximum absolute atomic E-state index is 12.2. The van der Waals surface area contributed by atoms with Crippen LogP contribution in [0.2, 0.25) is 0 Å². The summed E-state index contributed by atoms with van der Waals surface area (Å²) in [6.07, 6.45) is 1.54. The Kier molecular flexibility index (Phi) is 3.16. The van der Waals surface area contributed by atoms with E-state index in [1.807, 2.05) is 30.3 Å². The second kappa shape index (κ2) is 5.20. The van der Waals surface area contributed by atoms with Crippen molar-refractivity contribution in [2.24, 2.45) is 5.41 Å². The number of rotatable bonds is 4. The Labute approximate surface area is 132 Å². The van der Waals surface area contributed by atoms with Crippen LogP contribution in [-0.4, -0.2) is 39.5 Å². The van der Waals surface area contributed by atoms with Gasteiger partial charge in [0.05, 0.1) is 25.1 Å². The molecule has 0 atom stereocenters. The lowest BCUT2D eigenvalue weighted by molar-refractivity contribution is -0.0925. The van der Waals surface area contributed by atoms with E-state index in [-0.39, 0.29) is 11.0 Å². The maximum Gasteiger partial charge on any atom is 0.263 e. The first-order chi connectivity index (χ1) is 11.1. The first-order valence-electron chi connectivity index (χ1n) is 7.50. The molecule has 0 spiro atoms. The van der Waals surface area contributed by atoms with E-state index < -0.39 is 0 Å². The van der Waals surface area contributed by atoms with Crippen LogP contribution in [0.5, 0.6) is 0 Å². The van der Waals surface area contributed by atoms with Gasteiger partial charge in [-0.3, -0.25) is 9.78 Å². The fraction of sp³-hybridized carbons (Fsp3) is 0.312. The van der Waals surface area contributed by atoms with Crippen LogP contribution < -0.4 is 10.9 Å². The summed E-state index contributed by atoms with van der Waals surface area (Å²) in [7, 11) is 0. The first-order valence-corrected chi connectivity index (χ1v) is 7.50.